The van der Waals surface area contributed by atoms with Gasteiger partial charge in [-0.05, 0) is 49.3 Å². The topological polar surface area (TPSA) is 77.8 Å². The third-order valence-electron chi connectivity index (χ3n) is 5.61. The number of amides is 1. The van der Waals surface area contributed by atoms with E-state index in [0.29, 0.717) is 44.2 Å². The van der Waals surface area contributed by atoms with Gasteiger partial charge < -0.3 is 15.1 Å². The number of nitrogens with zero attached hydrogens (tertiary/aromatic N) is 1. The third-order valence-corrected chi connectivity index (χ3v) is 5.61. The lowest BCUT2D eigenvalue weighted by atomic mass is 9.80. The van der Waals surface area contributed by atoms with Crippen molar-refractivity contribution in [2.45, 2.75) is 58.5 Å². The second kappa shape index (κ2) is 9.50. The maximum atomic E-state index is 13.3. The predicted molar refractivity (Wildman–Crippen MR) is 105 cm³/mol. The minimum Gasteiger partial charge on any atom is -0.481 e. The first kappa shape index (κ1) is 22.3. The van der Waals surface area contributed by atoms with E-state index in [1.165, 1.54) is 12.1 Å². The number of carboxylic acid groups (broad SMARTS) is 1. The number of aliphatic carboxylic acids is 1. The monoisotopic (exact) mass is 393 g/mol. The summed E-state index contributed by atoms with van der Waals surface area (Å²) in [4.78, 5) is 26.7. The number of rotatable bonds is 8. The molecule has 0 saturated carbocycles. The van der Waals surface area contributed by atoms with Crippen LogP contribution in [-0.2, 0) is 15.2 Å². The molecule has 0 spiro atoms. The van der Waals surface area contributed by atoms with Crippen molar-refractivity contribution in [1.29, 1.82) is 0 Å². The Bertz CT molecular complexity index is 676. The largest absolute Gasteiger partial charge is 0.481 e. The minimum absolute atomic E-state index is 0.102. The molecule has 0 aromatic heterocycles. The number of benzene rings is 1. The third kappa shape index (κ3) is 5.31. The molecule has 1 unspecified atom stereocenters. The van der Waals surface area contributed by atoms with E-state index in [1.54, 1.807) is 17.0 Å². The van der Waals surface area contributed by atoms with Crippen molar-refractivity contribution in [2.24, 2.45) is 17.8 Å². The van der Waals surface area contributed by atoms with E-state index in [1.807, 2.05) is 20.8 Å². The van der Waals surface area contributed by atoms with Gasteiger partial charge in [-0.1, -0.05) is 39.3 Å². The highest BCUT2D eigenvalue weighted by atomic mass is 19.1. The van der Waals surface area contributed by atoms with Crippen molar-refractivity contribution in [3.05, 3.63) is 35.6 Å². The van der Waals surface area contributed by atoms with Gasteiger partial charge in [-0.3, -0.25) is 9.59 Å². The highest BCUT2D eigenvalue weighted by Gasteiger charge is 2.41. The summed E-state index contributed by atoms with van der Waals surface area (Å²) in [7, 11) is 0. The van der Waals surface area contributed by atoms with Crippen molar-refractivity contribution in [3.8, 4) is 0 Å². The van der Waals surface area contributed by atoms with Gasteiger partial charge in [0.15, 0.2) is 0 Å². The number of hydrogen-bond donors (Lipinski definition) is 2. The highest BCUT2D eigenvalue weighted by Crippen LogP contribution is 2.34. The molecule has 2 rings (SSSR count). The molecule has 1 aliphatic rings. The van der Waals surface area contributed by atoms with Crippen LogP contribution in [-0.4, -0.2) is 40.1 Å². The average Bonchev–Trinajstić information content (AvgIpc) is 2.64. The van der Waals surface area contributed by atoms with E-state index in [9.17, 15) is 24.2 Å². The summed E-state index contributed by atoms with van der Waals surface area (Å²) >= 11 is 0. The summed E-state index contributed by atoms with van der Waals surface area (Å²) in [5.41, 5.74) is -0.664. The molecule has 28 heavy (non-hydrogen) atoms. The van der Waals surface area contributed by atoms with Crippen LogP contribution in [0.2, 0.25) is 0 Å². The number of carbonyl (C=O) groups is 2. The first-order valence-electron chi connectivity index (χ1n) is 10.2. The Morgan fingerprint density at radius 2 is 1.86 bits per heavy atom. The first-order valence-corrected chi connectivity index (χ1v) is 10.2. The molecule has 1 aromatic carbocycles. The van der Waals surface area contributed by atoms with Gasteiger partial charge in [-0.25, -0.2) is 4.39 Å². The number of likely N-dealkylation sites (tertiary alicyclic amines) is 1. The molecule has 0 radical (unpaired) electrons. The summed E-state index contributed by atoms with van der Waals surface area (Å²) in [6.45, 7) is 6.48. The summed E-state index contributed by atoms with van der Waals surface area (Å²) in [5, 5.41) is 20.8. The molecule has 3 atom stereocenters. The van der Waals surface area contributed by atoms with Crippen LogP contribution >= 0.6 is 0 Å². The number of halogens is 1. The second-order valence-corrected chi connectivity index (χ2v) is 8.37. The van der Waals surface area contributed by atoms with Crippen LogP contribution in [0.5, 0.6) is 0 Å². The van der Waals surface area contributed by atoms with Crippen LogP contribution in [0.4, 0.5) is 4.39 Å². The Morgan fingerprint density at radius 3 is 2.39 bits per heavy atom. The van der Waals surface area contributed by atoms with E-state index in [4.69, 9.17) is 0 Å². The number of carboxylic acids is 1. The summed E-state index contributed by atoms with van der Waals surface area (Å²) < 4.78 is 13.2. The Labute approximate surface area is 166 Å². The Morgan fingerprint density at radius 1 is 1.21 bits per heavy atom. The second-order valence-electron chi connectivity index (χ2n) is 8.37. The first-order chi connectivity index (χ1) is 13.2. The number of piperidine rings is 1. The van der Waals surface area contributed by atoms with E-state index in [-0.39, 0.29) is 24.2 Å². The standard InChI is InChI=1S/C22H32FNO4/c1-4-6-18(21(26)27)19(13-15(2)3)20(25)24-12-5-11-22(28,14-24)16-7-9-17(23)10-8-16/h7-10,15,18-19,28H,4-6,11-14H2,1-3H3,(H,26,27)/t18-,19+,22?/m0/s1. The summed E-state index contributed by atoms with van der Waals surface area (Å²) in [6.07, 6.45) is 2.74. The Kier molecular flexibility index (Phi) is 7.58. The van der Waals surface area contributed by atoms with Gasteiger partial charge >= 0.3 is 5.97 Å². The number of aliphatic hydroxyl groups is 1. The lowest BCUT2D eigenvalue weighted by molar-refractivity contribution is -0.154. The van der Waals surface area contributed by atoms with Crippen LogP contribution in [0.25, 0.3) is 0 Å². The molecule has 1 amide bonds. The SMILES string of the molecule is CCC[C@H](C(=O)O)[C@@H](CC(C)C)C(=O)N1CCCC(O)(c2ccc(F)cc2)C1. The van der Waals surface area contributed by atoms with Crippen molar-refractivity contribution >= 4 is 11.9 Å². The fourth-order valence-electron chi connectivity index (χ4n) is 4.21. The van der Waals surface area contributed by atoms with Gasteiger partial charge in [0.05, 0.1) is 18.4 Å². The van der Waals surface area contributed by atoms with Crippen molar-refractivity contribution in [2.75, 3.05) is 13.1 Å². The molecule has 5 nitrogen and oxygen atoms in total. The van der Waals surface area contributed by atoms with Crippen LogP contribution in [0.3, 0.4) is 0 Å². The minimum atomic E-state index is -1.24. The van der Waals surface area contributed by atoms with Crippen LogP contribution < -0.4 is 0 Å². The highest BCUT2D eigenvalue weighted by molar-refractivity contribution is 5.85. The molecule has 156 valence electrons. The lowest BCUT2D eigenvalue weighted by Gasteiger charge is -2.41. The molecular formula is C22H32FNO4. The van der Waals surface area contributed by atoms with Gasteiger partial charge in [-0.15, -0.1) is 0 Å². The zero-order valence-electron chi connectivity index (χ0n) is 17.0. The molecular weight excluding hydrogens is 361 g/mol. The molecule has 1 heterocycles. The van der Waals surface area contributed by atoms with Gasteiger partial charge in [-0.2, -0.15) is 0 Å². The molecule has 1 fully saturated rings. The van der Waals surface area contributed by atoms with Crippen molar-refractivity contribution in [1.82, 2.24) is 4.90 Å². The maximum absolute atomic E-state index is 13.3. The van der Waals surface area contributed by atoms with Gasteiger partial charge in [0.2, 0.25) is 5.91 Å². The lowest BCUT2D eigenvalue weighted by Crippen LogP contribution is -2.51. The molecule has 6 heteroatoms. The number of β-amino-alcohol motifs (C(OH)–C–C–N with tert-alkyl or cyclic N) is 1. The quantitative estimate of drug-likeness (QED) is 0.704. The normalized spacial score (nSPS) is 22.1. The Hall–Kier alpha value is -1.95. The average molecular weight is 393 g/mol. The maximum Gasteiger partial charge on any atom is 0.307 e. The molecule has 0 aliphatic carbocycles. The van der Waals surface area contributed by atoms with Crippen molar-refractivity contribution in [3.63, 3.8) is 0 Å². The molecule has 1 saturated heterocycles. The zero-order valence-corrected chi connectivity index (χ0v) is 17.0. The van der Waals surface area contributed by atoms with Crippen molar-refractivity contribution < 1.29 is 24.2 Å². The molecule has 2 N–H and O–H groups in total. The molecule has 0 bridgehead atoms. The van der Waals surface area contributed by atoms with Crippen LogP contribution in [0.1, 0.15) is 58.4 Å². The Balaban J connectivity index is 2.25. The van der Waals surface area contributed by atoms with Crippen LogP contribution in [0, 0.1) is 23.6 Å². The van der Waals surface area contributed by atoms with E-state index in [0.717, 1.165) is 0 Å². The summed E-state index contributed by atoms with van der Waals surface area (Å²) in [6, 6.07) is 5.70. The number of carbonyl (C=O) groups excluding carboxylic acids is 1. The fraction of sp³-hybridized carbons (Fsp3) is 0.636. The fourth-order valence-corrected chi connectivity index (χ4v) is 4.21. The van der Waals surface area contributed by atoms with Gasteiger partial charge in [0.1, 0.15) is 11.4 Å². The molecule has 1 aromatic rings. The zero-order chi connectivity index (χ0) is 20.9. The molecule has 1 aliphatic heterocycles. The van der Waals surface area contributed by atoms with E-state index < -0.39 is 23.4 Å². The van der Waals surface area contributed by atoms with Gasteiger partial charge in [0.25, 0.3) is 0 Å². The van der Waals surface area contributed by atoms with Gasteiger partial charge in [0, 0.05) is 6.54 Å². The van der Waals surface area contributed by atoms with E-state index in [2.05, 4.69) is 0 Å². The van der Waals surface area contributed by atoms with E-state index >= 15 is 0 Å². The summed E-state index contributed by atoms with van der Waals surface area (Å²) in [5.74, 6) is -2.65. The predicted octanol–water partition coefficient (Wildman–Crippen LogP) is 3.80. The van der Waals surface area contributed by atoms with Crippen LogP contribution in [0.15, 0.2) is 24.3 Å². The smallest absolute Gasteiger partial charge is 0.307 e. The number of hydrogen-bond acceptors (Lipinski definition) is 3.